The van der Waals surface area contributed by atoms with Crippen molar-refractivity contribution in [3.8, 4) is 5.75 Å². The van der Waals surface area contributed by atoms with E-state index in [9.17, 15) is 33.3 Å². The first-order chi connectivity index (χ1) is 20.3. The molecule has 0 radical (unpaired) electrons. The maximum absolute atomic E-state index is 13.1. The molecule has 7 N–H and O–H groups in total. The van der Waals surface area contributed by atoms with Crippen LogP contribution in [0.15, 0.2) is 29.6 Å². The number of aromatic nitrogens is 1. The summed E-state index contributed by atoms with van der Waals surface area (Å²) in [6, 6.07) is 2.71. The summed E-state index contributed by atoms with van der Waals surface area (Å²) < 4.78 is 59.0. The van der Waals surface area contributed by atoms with Crippen molar-refractivity contribution >= 4 is 28.1 Å². The molecule has 3 heterocycles. The van der Waals surface area contributed by atoms with Crippen molar-refractivity contribution in [1.29, 1.82) is 0 Å². The van der Waals surface area contributed by atoms with Gasteiger partial charge in [0.1, 0.15) is 24.1 Å². The van der Waals surface area contributed by atoms with Crippen molar-refractivity contribution in [3.63, 3.8) is 0 Å². The lowest BCUT2D eigenvalue weighted by molar-refractivity contribution is -0.449. The number of aliphatic hydroxyl groups excluding tert-OH is 2. The Morgan fingerprint density at radius 3 is 2.47 bits per heavy atom. The van der Waals surface area contributed by atoms with E-state index >= 15 is 0 Å². The van der Waals surface area contributed by atoms with Crippen molar-refractivity contribution in [2.45, 2.75) is 86.9 Å². The van der Waals surface area contributed by atoms with Crippen molar-refractivity contribution < 1.29 is 52.2 Å². The van der Waals surface area contributed by atoms with Gasteiger partial charge in [0.05, 0.1) is 42.4 Å². The van der Waals surface area contributed by atoms with E-state index in [1.165, 1.54) is 23.5 Å². The average molecular weight is 634 g/mol. The molecule has 2 aliphatic heterocycles. The van der Waals surface area contributed by atoms with Gasteiger partial charge < -0.3 is 55.5 Å². The molecule has 1 aromatic heterocycles. The van der Waals surface area contributed by atoms with Crippen LogP contribution in [0.2, 0.25) is 0 Å². The minimum atomic E-state index is -4.79. The molecule has 2 saturated heterocycles. The van der Waals surface area contributed by atoms with Crippen molar-refractivity contribution in [1.82, 2.24) is 20.9 Å². The van der Waals surface area contributed by atoms with Gasteiger partial charge >= 0.3 is 6.36 Å². The van der Waals surface area contributed by atoms with Crippen LogP contribution in [0.5, 0.6) is 5.75 Å². The maximum Gasteiger partial charge on any atom is 0.573 e. The zero-order chi connectivity index (χ0) is 31.1. The molecule has 3 aliphatic rings. The molecule has 3 fully saturated rings. The van der Waals surface area contributed by atoms with Gasteiger partial charge in [0.25, 0.3) is 0 Å². The lowest BCUT2D eigenvalue weighted by Gasteiger charge is -2.58. The highest BCUT2D eigenvalue weighted by molar-refractivity contribution is 7.13. The fourth-order valence-electron chi connectivity index (χ4n) is 5.74. The molecule has 1 amide bonds. The fraction of sp³-hybridized carbons (Fsp3) is 0.615. The van der Waals surface area contributed by atoms with Gasteiger partial charge in [0.2, 0.25) is 18.0 Å². The summed E-state index contributed by atoms with van der Waals surface area (Å²) in [7, 11) is 3.21. The number of fused-ring (bicyclic) bond motifs is 2. The Morgan fingerprint density at radius 1 is 1.12 bits per heavy atom. The predicted molar refractivity (Wildman–Crippen MR) is 146 cm³/mol. The van der Waals surface area contributed by atoms with E-state index in [2.05, 4.69) is 31.0 Å². The second-order valence-electron chi connectivity index (χ2n) is 10.7. The number of hydrogen-bond acceptors (Lipinski definition) is 13. The smallest absolute Gasteiger partial charge is 0.406 e. The number of likely N-dealkylation sites (N-methyl/N-ethyl adjacent to an activating group) is 2. The molecular formula is C26H34F3N5O8S. The van der Waals surface area contributed by atoms with Gasteiger partial charge in [-0.2, -0.15) is 0 Å². The van der Waals surface area contributed by atoms with Crippen molar-refractivity contribution in [3.05, 3.63) is 35.3 Å². The summed E-state index contributed by atoms with van der Waals surface area (Å²) in [5, 5.41) is 47.1. The number of nitrogens with one attached hydrogen (secondary N) is 4. The molecule has 1 saturated carbocycles. The molecule has 43 heavy (non-hydrogen) atoms. The number of nitrogens with zero attached hydrogens (tertiary/aromatic N) is 1. The summed E-state index contributed by atoms with van der Waals surface area (Å²) in [4.78, 5) is 17.5. The molecule has 2 aromatic rings. The number of rotatable bonds is 8. The highest BCUT2D eigenvalue weighted by atomic mass is 32.1. The molecule has 1 aromatic carbocycles. The first-order valence-corrected chi connectivity index (χ1v) is 14.5. The minimum Gasteiger partial charge on any atom is -0.406 e. The Hall–Kier alpha value is -2.61. The van der Waals surface area contributed by atoms with Crippen LogP contribution >= 0.6 is 11.3 Å². The van der Waals surface area contributed by atoms with Gasteiger partial charge in [0.15, 0.2) is 5.13 Å². The van der Waals surface area contributed by atoms with E-state index < -0.39 is 73.0 Å². The average Bonchev–Trinajstić information content (AvgIpc) is 3.36. The van der Waals surface area contributed by atoms with Gasteiger partial charge in [0, 0.05) is 11.1 Å². The molecule has 0 bridgehead atoms. The molecule has 0 spiro atoms. The van der Waals surface area contributed by atoms with E-state index in [1.807, 2.05) is 0 Å². The summed E-state index contributed by atoms with van der Waals surface area (Å²) in [5.41, 5.74) is 0.884. The molecular weight excluding hydrogens is 599 g/mol. The van der Waals surface area contributed by atoms with Gasteiger partial charge in [-0.1, -0.05) is 0 Å². The van der Waals surface area contributed by atoms with Crippen LogP contribution in [-0.2, 0) is 25.4 Å². The van der Waals surface area contributed by atoms with E-state index in [0.717, 1.165) is 12.1 Å². The molecule has 238 valence electrons. The third kappa shape index (κ3) is 6.74. The molecule has 1 aliphatic carbocycles. The standard InChI is InChI=1S/C26H34F3N5O8S/c1-11-8-15(25(38)23(39-11)40-22-20(37)17(30-2)19(36)18(31-3)21(22)42-25)34-16(35)9-13-10-43-24(33-13)32-12-4-6-14(7-5-12)41-26(27,28)29/h4-7,10-11,15,17-23,30-31,36-38H,8-9H2,1-3H3,(H,32,33)(H,34,35)/t11-,15-,17-,18+,19+,20-,21?,22?,23?,25+/m1/s1. The van der Waals surface area contributed by atoms with Gasteiger partial charge in [-0.05, 0) is 51.7 Å². The Kier molecular flexibility index (Phi) is 9.18. The number of hydrogen-bond donors (Lipinski definition) is 7. The van der Waals surface area contributed by atoms with Crippen LogP contribution in [0.25, 0.3) is 0 Å². The Bertz CT molecular complexity index is 1270. The van der Waals surface area contributed by atoms with E-state index in [0.29, 0.717) is 16.5 Å². The first kappa shape index (κ1) is 31.8. The Morgan fingerprint density at radius 2 is 1.81 bits per heavy atom. The van der Waals surface area contributed by atoms with E-state index in [1.54, 1.807) is 26.4 Å². The molecule has 17 heteroatoms. The Labute approximate surface area is 248 Å². The van der Waals surface area contributed by atoms with Crippen LogP contribution in [0.4, 0.5) is 24.0 Å². The summed E-state index contributed by atoms with van der Waals surface area (Å²) >= 11 is 1.19. The number of aliphatic hydroxyl groups is 3. The minimum absolute atomic E-state index is 0.143. The molecule has 13 nitrogen and oxygen atoms in total. The third-order valence-corrected chi connectivity index (χ3v) is 8.53. The molecule has 3 unspecified atom stereocenters. The van der Waals surface area contributed by atoms with Gasteiger partial charge in [-0.3, -0.25) is 4.79 Å². The third-order valence-electron chi connectivity index (χ3n) is 7.72. The van der Waals surface area contributed by atoms with E-state index in [-0.39, 0.29) is 18.6 Å². The zero-order valence-corrected chi connectivity index (χ0v) is 24.2. The SMILES string of the molecule is CN[C@@H]1[C@H](O)[C@H](NC)C2O[C@]3(O)C(OC2[C@@H]1O)O[C@H](C)C[C@H]3NC(=O)Cc1csc(Nc2ccc(OC(F)(F)F)cc2)n1. The van der Waals surface area contributed by atoms with Crippen LogP contribution in [-0.4, -0.2) is 107 Å². The number of alkyl halides is 3. The number of benzene rings is 1. The summed E-state index contributed by atoms with van der Waals surface area (Å²) in [6.07, 6.45) is -10.7. The van der Waals surface area contributed by atoms with E-state index in [4.69, 9.17) is 14.2 Å². The van der Waals surface area contributed by atoms with Crippen LogP contribution < -0.4 is 26.0 Å². The van der Waals surface area contributed by atoms with Crippen molar-refractivity contribution in [2.75, 3.05) is 19.4 Å². The number of carbonyl (C=O) groups is 1. The van der Waals surface area contributed by atoms with Crippen LogP contribution in [0, 0.1) is 0 Å². The first-order valence-electron chi connectivity index (χ1n) is 13.6. The highest BCUT2D eigenvalue weighted by Crippen LogP contribution is 2.42. The number of thiazole rings is 1. The van der Waals surface area contributed by atoms with Crippen molar-refractivity contribution in [2.24, 2.45) is 0 Å². The Balaban J connectivity index is 1.23. The number of carbonyl (C=O) groups excluding carboxylic acids is 1. The second-order valence-corrected chi connectivity index (χ2v) is 11.6. The quantitative estimate of drug-likeness (QED) is 0.213. The monoisotopic (exact) mass is 633 g/mol. The van der Waals surface area contributed by atoms with Crippen LogP contribution in [0.1, 0.15) is 19.0 Å². The van der Waals surface area contributed by atoms with Gasteiger partial charge in [-0.25, -0.2) is 4.98 Å². The number of anilines is 2. The zero-order valence-electron chi connectivity index (χ0n) is 23.4. The number of halogens is 3. The molecule has 10 atom stereocenters. The maximum atomic E-state index is 13.1. The normalized spacial score (nSPS) is 35.9. The number of amides is 1. The topological polar surface area (TPSA) is 176 Å². The fourth-order valence-corrected chi connectivity index (χ4v) is 6.47. The largest absolute Gasteiger partial charge is 0.573 e. The lowest BCUT2D eigenvalue weighted by Crippen LogP contribution is -2.79. The van der Waals surface area contributed by atoms with Crippen LogP contribution in [0.3, 0.4) is 0 Å². The second kappa shape index (κ2) is 12.4. The molecule has 5 rings (SSSR count). The lowest BCUT2D eigenvalue weighted by atomic mass is 9.79. The number of ether oxygens (including phenoxy) is 4. The van der Waals surface area contributed by atoms with Gasteiger partial charge in [-0.15, -0.1) is 24.5 Å². The summed E-state index contributed by atoms with van der Waals surface area (Å²) in [5.74, 6) is -2.95. The predicted octanol–water partition coefficient (Wildman–Crippen LogP) is 0.332. The summed E-state index contributed by atoms with van der Waals surface area (Å²) in [6.45, 7) is 1.75. The highest BCUT2D eigenvalue weighted by Gasteiger charge is 2.63.